The smallest absolute Gasteiger partial charge is 0.257 e. The predicted molar refractivity (Wildman–Crippen MR) is 96.5 cm³/mol. The van der Waals surface area contributed by atoms with Crippen molar-refractivity contribution < 1.29 is 14.6 Å². The van der Waals surface area contributed by atoms with Gasteiger partial charge >= 0.3 is 0 Å². The number of aliphatic hydroxyl groups excluding tert-OH is 1. The summed E-state index contributed by atoms with van der Waals surface area (Å²) in [5.74, 6) is 0.433. The van der Waals surface area contributed by atoms with E-state index in [1.165, 1.54) is 0 Å². The molecule has 2 N–H and O–H groups in total. The Labute approximate surface area is 148 Å². The van der Waals surface area contributed by atoms with Crippen LogP contribution in [-0.4, -0.2) is 40.6 Å². The molecule has 6 nitrogen and oxygen atoms in total. The molecule has 1 amide bonds. The van der Waals surface area contributed by atoms with Crippen LogP contribution in [0.1, 0.15) is 23.9 Å². The second-order valence-electron chi connectivity index (χ2n) is 6.82. The number of hydrogen-bond acceptors (Lipinski definition) is 4. The fourth-order valence-electron chi connectivity index (χ4n) is 2.73. The first-order chi connectivity index (χ1) is 11.8. The van der Waals surface area contributed by atoms with E-state index in [4.69, 9.17) is 4.74 Å². The molecule has 1 unspecified atom stereocenters. The zero-order valence-corrected chi connectivity index (χ0v) is 15.4. The molecule has 1 aromatic heterocycles. The molecule has 2 aromatic rings. The van der Waals surface area contributed by atoms with Crippen LogP contribution in [0.3, 0.4) is 0 Å². The van der Waals surface area contributed by atoms with Gasteiger partial charge in [-0.1, -0.05) is 37.3 Å². The number of nitrogens with one attached hydrogen (secondary N) is 1. The average molecular weight is 345 g/mol. The van der Waals surface area contributed by atoms with E-state index in [0.29, 0.717) is 18.7 Å². The molecular formula is C19H27N3O3. The Morgan fingerprint density at radius 2 is 2.00 bits per heavy atom. The highest BCUT2D eigenvalue weighted by atomic mass is 16.5. The van der Waals surface area contributed by atoms with Crippen LogP contribution in [0.25, 0.3) is 0 Å². The second kappa shape index (κ2) is 8.16. The number of aromatic nitrogens is 2. The molecule has 0 spiro atoms. The van der Waals surface area contributed by atoms with E-state index in [9.17, 15) is 9.90 Å². The van der Waals surface area contributed by atoms with Gasteiger partial charge in [-0.15, -0.1) is 0 Å². The van der Waals surface area contributed by atoms with Gasteiger partial charge in [0.1, 0.15) is 5.69 Å². The van der Waals surface area contributed by atoms with Crippen molar-refractivity contribution in [2.45, 2.75) is 27.2 Å². The lowest BCUT2D eigenvalue weighted by Crippen LogP contribution is -2.41. The minimum absolute atomic E-state index is 0.0101. The molecule has 1 atom stereocenters. The van der Waals surface area contributed by atoms with Crippen molar-refractivity contribution >= 4 is 5.91 Å². The maximum absolute atomic E-state index is 12.1. The van der Waals surface area contributed by atoms with Crippen molar-refractivity contribution in [1.29, 1.82) is 0 Å². The summed E-state index contributed by atoms with van der Waals surface area (Å²) < 4.78 is 7.34. The lowest BCUT2D eigenvalue weighted by Gasteiger charge is -2.27. The number of carbonyl (C=O) groups is 1. The molecule has 25 heavy (non-hydrogen) atoms. The van der Waals surface area contributed by atoms with Crippen molar-refractivity contribution in [3.05, 3.63) is 47.3 Å². The predicted octanol–water partition coefficient (Wildman–Crippen LogP) is 1.77. The summed E-state index contributed by atoms with van der Waals surface area (Å²) in [7, 11) is 1.84. The van der Waals surface area contributed by atoms with Gasteiger partial charge in [0.25, 0.3) is 5.91 Å². The van der Waals surface area contributed by atoms with Crippen molar-refractivity contribution in [3.8, 4) is 5.75 Å². The van der Waals surface area contributed by atoms with Crippen LogP contribution < -0.4 is 10.1 Å². The zero-order chi connectivity index (χ0) is 18.4. The molecule has 0 bridgehead atoms. The molecule has 0 aliphatic heterocycles. The third-order valence-electron chi connectivity index (χ3n) is 4.36. The van der Waals surface area contributed by atoms with E-state index in [-0.39, 0.29) is 19.1 Å². The molecule has 1 heterocycles. The maximum Gasteiger partial charge on any atom is 0.257 e. The first-order valence-corrected chi connectivity index (χ1v) is 8.39. The molecule has 0 aliphatic rings. The largest absolute Gasteiger partial charge is 0.480 e. The van der Waals surface area contributed by atoms with Gasteiger partial charge in [-0.2, -0.15) is 5.10 Å². The van der Waals surface area contributed by atoms with Crippen LogP contribution in [0.5, 0.6) is 5.75 Å². The van der Waals surface area contributed by atoms with Gasteiger partial charge in [0.15, 0.2) is 12.4 Å². The Balaban J connectivity index is 1.87. The SMILES string of the molecule is Cc1nn(C)c(C)c1OCC(=O)NCC(C)(CO)Cc1ccccc1. The number of hydrogen-bond donors (Lipinski definition) is 2. The van der Waals surface area contributed by atoms with E-state index in [1.54, 1.807) is 4.68 Å². The Kier molecular flexibility index (Phi) is 6.20. The van der Waals surface area contributed by atoms with Crippen LogP contribution >= 0.6 is 0 Å². The number of carbonyl (C=O) groups excluding carboxylic acids is 1. The molecule has 0 fully saturated rings. The summed E-state index contributed by atoms with van der Waals surface area (Å²) in [6.45, 7) is 6.01. The van der Waals surface area contributed by atoms with Gasteiger partial charge in [0.2, 0.25) is 0 Å². The maximum atomic E-state index is 12.1. The van der Waals surface area contributed by atoms with Crippen molar-refractivity contribution in [2.75, 3.05) is 19.8 Å². The number of aliphatic hydroxyl groups is 1. The molecule has 136 valence electrons. The van der Waals surface area contributed by atoms with Crippen LogP contribution in [-0.2, 0) is 18.3 Å². The van der Waals surface area contributed by atoms with Crippen LogP contribution in [0.15, 0.2) is 30.3 Å². The number of nitrogens with zero attached hydrogens (tertiary/aromatic N) is 2. The average Bonchev–Trinajstić information content (AvgIpc) is 2.84. The van der Waals surface area contributed by atoms with Gasteiger partial charge in [-0.05, 0) is 25.8 Å². The summed E-state index contributed by atoms with van der Waals surface area (Å²) in [5.41, 5.74) is 2.36. The molecular weight excluding hydrogens is 318 g/mol. The zero-order valence-electron chi connectivity index (χ0n) is 15.4. The Hall–Kier alpha value is -2.34. The van der Waals surface area contributed by atoms with Crippen LogP contribution in [0, 0.1) is 19.3 Å². The summed E-state index contributed by atoms with van der Waals surface area (Å²) in [6.07, 6.45) is 0.687. The second-order valence-corrected chi connectivity index (χ2v) is 6.82. The van der Waals surface area contributed by atoms with E-state index < -0.39 is 5.41 Å². The lowest BCUT2D eigenvalue weighted by atomic mass is 9.84. The summed E-state index contributed by atoms with van der Waals surface area (Å²) >= 11 is 0. The first kappa shape index (κ1) is 19.0. The lowest BCUT2D eigenvalue weighted by molar-refractivity contribution is -0.123. The molecule has 0 saturated heterocycles. The van der Waals surface area contributed by atoms with Gasteiger partial charge in [-0.25, -0.2) is 0 Å². The van der Waals surface area contributed by atoms with E-state index >= 15 is 0 Å². The number of rotatable bonds is 8. The fraction of sp³-hybridized carbons (Fsp3) is 0.474. The standard InChI is InChI=1S/C19H27N3O3/c1-14-18(15(2)22(4)21-14)25-11-17(24)20-12-19(3,13-23)10-16-8-6-5-7-9-16/h5-9,23H,10-13H2,1-4H3,(H,20,24). The van der Waals surface area contributed by atoms with Crippen molar-refractivity contribution in [2.24, 2.45) is 12.5 Å². The van der Waals surface area contributed by atoms with E-state index in [0.717, 1.165) is 17.0 Å². The third kappa shape index (κ3) is 5.06. The van der Waals surface area contributed by atoms with E-state index in [2.05, 4.69) is 10.4 Å². The number of ether oxygens (including phenoxy) is 1. The first-order valence-electron chi connectivity index (χ1n) is 8.39. The fourth-order valence-corrected chi connectivity index (χ4v) is 2.73. The van der Waals surface area contributed by atoms with Crippen molar-refractivity contribution in [1.82, 2.24) is 15.1 Å². The summed E-state index contributed by atoms with van der Waals surface area (Å²) in [5, 5.41) is 16.9. The minimum Gasteiger partial charge on any atom is -0.480 e. The highest BCUT2D eigenvalue weighted by molar-refractivity contribution is 5.77. The van der Waals surface area contributed by atoms with Crippen molar-refractivity contribution in [3.63, 3.8) is 0 Å². The Morgan fingerprint density at radius 3 is 2.56 bits per heavy atom. The summed E-state index contributed by atoms with van der Waals surface area (Å²) in [6, 6.07) is 9.94. The van der Waals surface area contributed by atoms with Crippen LogP contribution in [0.4, 0.5) is 0 Å². The number of amides is 1. The van der Waals surface area contributed by atoms with Gasteiger partial charge in [0.05, 0.1) is 12.3 Å². The highest BCUT2D eigenvalue weighted by Gasteiger charge is 2.25. The van der Waals surface area contributed by atoms with Gasteiger partial charge < -0.3 is 15.2 Å². The number of benzene rings is 1. The molecule has 6 heteroatoms. The molecule has 0 radical (unpaired) electrons. The summed E-state index contributed by atoms with van der Waals surface area (Å²) in [4.78, 5) is 12.1. The monoisotopic (exact) mass is 345 g/mol. The minimum atomic E-state index is -0.419. The molecule has 1 aromatic carbocycles. The van der Waals surface area contributed by atoms with Gasteiger partial charge in [0, 0.05) is 19.0 Å². The van der Waals surface area contributed by atoms with Crippen LogP contribution in [0.2, 0.25) is 0 Å². The van der Waals surface area contributed by atoms with E-state index in [1.807, 2.05) is 58.2 Å². The molecule has 0 saturated carbocycles. The Bertz CT molecular complexity index is 712. The topological polar surface area (TPSA) is 76.4 Å². The third-order valence-corrected chi connectivity index (χ3v) is 4.36. The highest BCUT2D eigenvalue weighted by Crippen LogP contribution is 2.22. The number of aryl methyl sites for hydroxylation is 2. The molecule has 0 aliphatic carbocycles. The molecule has 2 rings (SSSR count). The normalized spacial score (nSPS) is 13.3. The van der Waals surface area contributed by atoms with Gasteiger partial charge in [-0.3, -0.25) is 9.48 Å². The quantitative estimate of drug-likeness (QED) is 0.764. The Morgan fingerprint density at radius 1 is 1.32 bits per heavy atom.